The minimum absolute atomic E-state index is 0.401. The Morgan fingerprint density at radius 2 is 1.93 bits per heavy atom. The van der Waals surface area contributed by atoms with Crippen molar-refractivity contribution in [1.82, 2.24) is 0 Å². The zero-order valence-electron chi connectivity index (χ0n) is 8.94. The number of hydrogen-bond acceptors (Lipinski definition) is 2. The SMILES string of the molecule is CCc1ccc(N(CCN)C(N)=O)cc1. The van der Waals surface area contributed by atoms with Gasteiger partial charge in [-0.05, 0) is 24.1 Å². The van der Waals surface area contributed by atoms with E-state index < -0.39 is 6.03 Å². The Morgan fingerprint density at radius 1 is 1.33 bits per heavy atom. The minimum atomic E-state index is -0.468. The summed E-state index contributed by atoms with van der Waals surface area (Å²) in [6.07, 6.45) is 0.980. The predicted octanol–water partition coefficient (Wildman–Crippen LogP) is 1.09. The van der Waals surface area contributed by atoms with Crippen molar-refractivity contribution in [2.45, 2.75) is 13.3 Å². The van der Waals surface area contributed by atoms with Gasteiger partial charge in [0.15, 0.2) is 0 Å². The average molecular weight is 207 g/mol. The lowest BCUT2D eigenvalue weighted by atomic mass is 10.1. The third kappa shape index (κ3) is 2.95. The molecule has 0 unspecified atom stereocenters. The highest BCUT2D eigenvalue weighted by Gasteiger charge is 2.10. The first-order valence-corrected chi connectivity index (χ1v) is 5.05. The summed E-state index contributed by atoms with van der Waals surface area (Å²) >= 11 is 0. The molecule has 0 heterocycles. The van der Waals surface area contributed by atoms with E-state index in [1.807, 2.05) is 24.3 Å². The molecule has 1 aromatic carbocycles. The smallest absolute Gasteiger partial charge is 0.319 e. The van der Waals surface area contributed by atoms with Gasteiger partial charge in [0.25, 0.3) is 0 Å². The van der Waals surface area contributed by atoms with Gasteiger partial charge in [-0.1, -0.05) is 19.1 Å². The number of nitrogens with two attached hydrogens (primary N) is 2. The van der Waals surface area contributed by atoms with Crippen LogP contribution in [0, 0.1) is 0 Å². The van der Waals surface area contributed by atoms with Gasteiger partial charge in [-0.15, -0.1) is 0 Å². The normalized spacial score (nSPS) is 10.0. The molecule has 0 saturated carbocycles. The maximum atomic E-state index is 11.1. The number of aryl methyl sites for hydroxylation is 1. The number of rotatable bonds is 4. The van der Waals surface area contributed by atoms with Crippen LogP contribution in [-0.4, -0.2) is 19.1 Å². The zero-order chi connectivity index (χ0) is 11.3. The van der Waals surface area contributed by atoms with Crippen molar-refractivity contribution in [1.29, 1.82) is 0 Å². The molecule has 0 atom stereocenters. The number of anilines is 1. The molecule has 0 aliphatic rings. The molecule has 0 aliphatic carbocycles. The van der Waals surface area contributed by atoms with Gasteiger partial charge in [-0.25, -0.2) is 4.79 Å². The van der Waals surface area contributed by atoms with Crippen molar-refractivity contribution in [3.05, 3.63) is 29.8 Å². The maximum absolute atomic E-state index is 11.1. The molecule has 1 aromatic rings. The van der Waals surface area contributed by atoms with Crippen molar-refractivity contribution in [2.75, 3.05) is 18.0 Å². The number of amides is 2. The molecule has 4 N–H and O–H groups in total. The molecule has 0 fully saturated rings. The summed E-state index contributed by atoms with van der Waals surface area (Å²) in [5.41, 5.74) is 12.7. The van der Waals surface area contributed by atoms with E-state index in [1.165, 1.54) is 10.5 Å². The highest BCUT2D eigenvalue weighted by Crippen LogP contribution is 2.14. The van der Waals surface area contributed by atoms with Crippen LogP contribution < -0.4 is 16.4 Å². The number of urea groups is 1. The summed E-state index contributed by atoms with van der Waals surface area (Å²) in [4.78, 5) is 12.6. The first-order valence-electron chi connectivity index (χ1n) is 5.05. The average Bonchev–Trinajstić information content (AvgIpc) is 2.26. The molecule has 82 valence electrons. The monoisotopic (exact) mass is 207 g/mol. The Hall–Kier alpha value is -1.55. The number of primary amides is 1. The Kier molecular flexibility index (Phi) is 4.12. The quantitative estimate of drug-likeness (QED) is 0.775. The van der Waals surface area contributed by atoms with Crippen LogP contribution in [0.2, 0.25) is 0 Å². The van der Waals surface area contributed by atoms with E-state index in [9.17, 15) is 4.79 Å². The van der Waals surface area contributed by atoms with Crippen LogP contribution in [0.25, 0.3) is 0 Å². The molecule has 0 bridgehead atoms. The van der Waals surface area contributed by atoms with Gasteiger partial charge in [0, 0.05) is 18.8 Å². The van der Waals surface area contributed by atoms with Crippen LogP contribution in [0.4, 0.5) is 10.5 Å². The number of benzene rings is 1. The summed E-state index contributed by atoms with van der Waals surface area (Å²) in [6, 6.07) is 7.28. The molecule has 0 aromatic heterocycles. The molecular weight excluding hydrogens is 190 g/mol. The van der Waals surface area contributed by atoms with Gasteiger partial charge < -0.3 is 11.5 Å². The standard InChI is InChI=1S/C11H17N3O/c1-2-9-3-5-10(6-4-9)14(8-7-12)11(13)15/h3-6H,2,7-8,12H2,1H3,(H2,13,15). The van der Waals surface area contributed by atoms with Crippen LogP contribution in [0.5, 0.6) is 0 Å². The molecule has 15 heavy (non-hydrogen) atoms. The van der Waals surface area contributed by atoms with Gasteiger partial charge in [-0.3, -0.25) is 4.90 Å². The first-order chi connectivity index (χ1) is 7.19. The van der Waals surface area contributed by atoms with Crippen molar-refractivity contribution < 1.29 is 4.79 Å². The highest BCUT2D eigenvalue weighted by atomic mass is 16.2. The zero-order valence-corrected chi connectivity index (χ0v) is 8.94. The first kappa shape index (κ1) is 11.5. The largest absolute Gasteiger partial charge is 0.351 e. The fourth-order valence-electron chi connectivity index (χ4n) is 1.41. The van der Waals surface area contributed by atoms with Gasteiger partial charge >= 0.3 is 6.03 Å². The molecule has 0 radical (unpaired) electrons. The minimum Gasteiger partial charge on any atom is -0.351 e. The van der Waals surface area contributed by atoms with Crippen molar-refractivity contribution in [2.24, 2.45) is 11.5 Å². The number of nitrogens with zero attached hydrogens (tertiary/aromatic N) is 1. The van der Waals surface area contributed by atoms with E-state index in [-0.39, 0.29) is 0 Å². The van der Waals surface area contributed by atoms with Crippen molar-refractivity contribution >= 4 is 11.7 Å². The molecular formula is C11H17N3O. The Labute approximate surface area is 89.9 Å². The summed E-state index contributed by atoms with van der Waals surface area (Å²) in [5, 5.41) is 0. The maximum Gasteiger partial charge on any atom is 0.319 e. The summed E-state index contributed by atoms with van der Waals surface area (Å²) in [6.45, 7) is 2.93. The van der Waals surface area contributed by atoms with E-state index in [1.54, 1.807) is 0 Å². The summed E-state index contributed by atoms with van der Waals surface area (Å²) in [7, 11) is 0. The molecule has 0 saturated heterocycles. The highest BCUT2D eigenvalue weighted by molar-refractivity contribution is 5.90. The molecule has 1 rings (SSSR count). The lowest BCUT2D eigenvalue weighted by Crippen LogP contribution is -2.39. The van der Waals surface area contributed by atoms with E-state index in [0.717, 1.165) is 12.1 Å². The van der Waals surface area contributed by atoms with E-state index >= 15 is 0 Å². The topological polar surface area (TPSA) is 72.3 Å². The van der Waals surface area contributed by atoms with Gasteiger partial charge in [0.1, 0.15) is 0 Å². The van der Waals surface area contributed by atoms with Gasteiger partial charge in [0.2, 0.25) is 0 Å². The Bertz CT molecular complexity index is 321. The fourth-order valence-corrected chi connectivity index (χ4v) is 1.41. The van der Waals surface area contributed by atoms with E-state index in [2.05, 4.69) is 6.92 Å². The number of carbonyl (C=O) groups is 1. The molecule has 4 heteroatoms. The lowest BCUT2D eigenvalue weighted by molar-refractivity contribution is 0.254. The van der Waals surface area contributed by atoms with Crippen LogP contribution in [0.15, 0.2) is 24.3 Å². The second-order valence-electron chi connectivity index (χ2n) is 3.30. The van der Waals surface area contributed by atoms with Crippen LogP contribution >= 0.6 is 0 Å². The fraction of sp³-hybridized carbons (Fsp3) is 0.364. The Balaban J connectivity index is 2.86. The van der Waals surface area contributed by atoms with Gasteiger partial charge in [0.05, 0.1) is 0 Å². The molecule has 4 nitrogen and oxygen atoms in total. The van der Waals surface area contributed by atoms with Crippen LogP contribution in [0.1, 0.15) is 12.5 Å². The second-order valence-corrected chi connectivity index (χ2v) is 3.30. The second kappa shape index (κ2) is 5.36. The van der Waals surface area contributed by atoms with Crippen LogP contribution in [-0.2, 0) is 6.42 Å². The lowest BCUT2D eigenvalue weighted by Gasteiger charge is -2.19. The van der Waals surface area contributed by atoms with Crippen molar-refractivity contribution in [3.8, 4) is 0 Å². The molecule has 0 aliphatic heterocycles. The predicted molar refractivity (Wildman–Crippen MR) is 61.8 cm³/mol. The molecule has 0 spiro atoms. The summed E-state index contributed by atoms with van der Waals surface area (Å²) < 4.78 is 0. The number of carbonyl (C=O) groups excluding carboxylic acids is 1. The van der Waals surface area contributed by atoms with Crippen LogP contribution in [0.3, 0.4) is 0 Å². The van der Waals surface area contributed by atoms with Crippen molar-refractivity contribution in [3.63, 3.8) is 0 Å². The number of hydrogen-bond donors (Lipinski definition) is 2. The third-order valence-corrected chi connectivity index (χ3v) is 2.27. The van der Waals surface area contributed by atoms with E-state index in [0.29, 0.717) is 13.1 Å². The Morgan fingerprint density at radius 3 is 2.33 bits per heavy atom. The van der Waals surface area contributed by atoms with Gasteiger partial charge in [-0.2, -0.15) is 0 Å². The summed E-state index contributed by atoms with van der Waals surface area (Å²) in [5.74, 6) is 0. The van der Waals surface area contributed by atoms with E-state index in [4.69, 9.17) is 11.5 Å². The molecule has 2 amide bonds. The third-order valence-electron chi connectivity index (χ3n) is 2.27.